The lowest BCUT2D eigenvalue weighted by Gasteiger charge is -2.15. The number of hydrogen-bond acceptors (Lipinski definition) is 4. The second kappa shape index (κ2) is 6.96. The molecule has 0 aromatic heterocycles. The lowest BCUT2D eigenvalue weighted by atomic mass is 10.1. The van der Waals surface area contributed by atoms with Crippen LogP contribution in [0.25, 0.3) is 0 Å². The highest BCUT2D eigenvalue weighted by molar-refractivity contribution is 5.69. The first-order valence-electron chi connectivity index (χ1n) is 5.92. The highest BCUT2D eigenvalue weighted by Crippen LogP contribution is 2.24. The predicted molar refractivity (Wildman–Crippen MR) is 65.7 cm³/mol. The van der Waals surface area contributed by atoms with Crippen LogP contribution >= 0.6 is 0 Å². The monoisotopic (exact) mass is 255 g/mol. The minimum absolute atomic E-state index is 0.0348. The van der Waals surface area contributed by atoms with Gasteiger partial charge < -0.3 is 15.2 Å². The van der Waals surface area contributed by atoms with E-state index in [1.807, 2.05) is 0 Å². The van der Waals surface area contributed by atoms with E-state index in [1.165, 1.54) is 18.2 Å². The summed E-state index contributed by atoms with van der Waals surface area (Å²) in [5.41, 5.74) is 0.471. The average molecular weight is 255 g/mol. The van der Waals surface area contributed by atoms with Crippen LogP contribution in [-0.4, -0.2) is 24.2 Å². The first-order chi connectivity index (χ1) is 8.54. The van der Waals surface area contributed by atoms with Crippen LogP contribution in [0.3, 0.4) is 0 Å². The maximum atomic E-state index is 13.0. The van der Waals surface area contributed by atoms with Gasteiger partial charge in [0.05, 0.1) is 13.0 Å². The van der Waals surface area contributed by atoms with Crippen molar-refractivity contribution in [1.82, 2.24) is 5.32 Å². The predicted octanol–water partition coefficient (Wildman–Crippen LogP) is 2.14. The third-order valence-electron chi connectivity index (χ3n) is 2.54. The van der Waals surface area contributed by atoms with Gasteiger partial charge in [0.1, 0.15) is 11.6 Å². The third-order valence-corrected chi connectivity index (χ3v) is 2.54. The minimum Gasteiger partial charge on any atom is -0.508 e. The number of benzene rings is 1. The first-order valence-corrected chi connectivity index (χ1v) is 5.92. The standard InChI is InChI=1S/C13H18FNO3/c1-3-18-13(17)6-7-15-9(2)11-8-10(14)4-5-12(11)16/h4-5,8-9,15-16H,3,6-7H2,1-2H3. The largest absolute Gasteiger partial charge is 0.508 e. The summed E-state index contributed by atoms with van der Waals surface area (Å²) in [5.74, 6) is -0.643. The van der Waals surface area contributed by atoms with Gasteiger partial charge in [0.15, 0.2) is 0 Å². The molecule has 0 saturated carbocycles. The summed E-state index contributed by atoms with van der Waals surface area (Å²) in [6, 6.07) is 3.55. The fourth-order valence-electron chi connectivity index (χ4n) is 1.61. The normalized spacial score (nSPS) is 12.2. The van der Waals surface area contributed by atoms with Gasteiger partial charge in [0.25, 0.3) is 0 Å². The first kappa shape index (κ1) is 14.4. The molecule has 0 heterocycles. The molecule has 0 amide bonds. The number of phenolic OH excluding ortho intramolecular Hbond substituents is 1. The maximum Gasteiger partial charge on any atom is 0.307 e. The summed E-state index contributed by atoms with van der Waals surface area (Å²) in [4.78, 5) is 11.1. The molecule has 0 bridgehead atoms. The molecular formula is C13H18FNO3. The van der Waals surface area contributed by atoms with Crippen LogP contribution in [0, 0.1) is 5.82 Å². The highest BCUT2D eigenvalue weighted by atomic mass is 19.1. The van der Waals surface area contributed by atoms with Crippen molar-refractivity contribution in [3.05, 3.63) is 29.6 Å². The van der Waals surface area contributed by atoms with E-state index in [2.05, 4.69) is 5.32 Å². The highest BCUT2D eigenvalue weighted by Gasteiger charge is 2.11. The van der Waals surface area contributed by atoms with Crippen LogP contribution in [0.5, 0.6) is 5.75 Å². The Labute approximate surface area is 106 Å². The van der Waals surface area contributed by atoms with Crippen molar-refractivity contribution < 1.29 is 19.0 Å². The fraction of sp³-hybridized carbons (Fsp3) is 0.462. The van der Waals surface area contributed by atoms with Crippen LogP contribution in [-0.2, 0) is 9.53 Å². The van der Waals surface area contributed by atoms with E-state index in [0.29, 0.717) is 18.7 Å². The van der Waals surface area contributed by atoms with E-state index in [0.717, 1.165) is 0 Å². The summed E-state index contributed by atoms with van der Waals surface area (Å²) in [6.45, 7) is 4.31. The molecule has 0 aliphatic carbocycles. The number of aromatic hydroxyl groups is 1. The molecule has 5 heteroatoms. The molecule has 18 heavy (non-hydrogen) atoms. The molecule has 1 rings (SSSR count). The van der Waals surface area contributed by atoms with Crippen LogP contribution in [0.15, 0.2) is 18.2 Å². The Kier molecular flexibility index (Phi) is 5.58. The number of esters is 1. The molecule has 1 aromatic rings. The van der Waals surface area contributed by atoms with Crippen molar-refractivity contribution in [3.63, 3.8) is 0 Å². The summed E-state index contributed by atoms with van der Waals surface area (Å²) in [6.07, 6.45) is 0.244. The van der Waals surface area contributed by atoms with E-state index in [1.54, 1.807) is 13.8 Å². The molecule has 0 saturated heterocycles. The van der Waals surface area contributed by atoms with Gasteiger partial charge in [0, 0.05) is 18.2 Å². The summed E-state index contributed by atoms with van der Waals surface area (Å²) in [7, 11) is 0. The summed E-state index contributed by atoms with van der Waals surface area (Å²) >= 11 is 0. The molecular weight excluding hydrogens is 237 g/mol. The Morgan fingerprint density at radius 3 is 2.94 bits per heavy atom. The number of halogens is 1. The Morgan fingerprint density at radius 1 is 1.56 bits per heavy atom. The Morgan fingerprint density at radius 2 is 2.28 bits per heavy atom. The Balaban J connectivity index is 2.47. The lowest BCUT2D eigenvalue weighted by molar-refractivity contribution is -0.143. The van der Waals surface area contributed by atoms with Crippen molar-refractivity contribution in [2.24, 2.45) is 0 Å². The molecule has 4 nitrogen and oxygen atoms in total. The smallest absolute Gasteiger partial charge is 0.307 e. The number of phenols is 1. The van der Waals surface area contributed by atoms with E-state index < -0.39 is 5.82 Å². The Bertz CT molecular complexity index is 409. The van der Waals surface area contributed by atoms with Gasteiger partial charge >= 0.3 is 5.97 Å². The van der Waals surface area contributed by atoms with Gasteiger partial charge in [-0.3, -0.25) is 4.79 Å². The van der Waals surface area contributed by atoms with Crippen molar-refractivity contribution in [3.8, 4) is 5.75 Å². The topological polar surface area (TPSA) is 58.6 Å². The van der Waals surface area contributed by atoms with Gasteiger partial charge in [0.2, 0.25) is 0 Å². The van der Waals surface area contributed by atoms with Gasteiger partial charge in [-0.25, -0.2) is 4.39 Å². The number of carbonyl (C=O) groups is 1. The number of nitrogens with one attached hydrogen (secondary N) is 1. The molecule has 0 radical (unpaired) electrons. The van der Waals surface area contributed by atoms with E-state index in [-0.39, 0.29) is 24.2 Å². The maximum absolute atomic E-state index is 13.0. The molecule has 0 aliphatic rings. The second-order valence-electron chi connectivity index (χ2n) is 3.93. The minimum atomic E-state index is -0.401. The number of ether oxygens (including phenoxy) is 1. The van der Waals surface area contributed by atoms with Crippen LogP contribution in [0.2, 0.25) is 0 Å². The third kappa shape index (κ3) is 4.33. The van der Waals surface area contributed by atoms with Gasteiger partial charge in [-0.05, 0) is 32.0 Å². The molecule has 1 unspecified atom stereocenters. The molecule has 0 aliphatic heterocycles. The Hall–Kier alpha value is -1.62. The van der Waals surface area contributed by atoms with Crippen molar-refractivity contribution in [2.75, 3.05) is 13.2 Å². The van der Waals surface area contributed by atoms with Gasteiger partial charge in [-0.1, -0.05) is 0 Å². The van der Waals surface area contributed by atoms with Crippen LogP contribution in [0.1, 0.15) is 31.9 Å². The number of rotatable bonds is 6. The van der Waals surface area contributed by atoms with Crippen LogP contribution < -0.4 is 5.32 Å². The molecule has 100 valence electrons. The second-order valence-corrected chi connectivity index (χ2v) is 3.93. The molecule has 1 atom stereocenters. The van der Waals surface area contributed by atoms with Crippen molar-refractivity contribution in [2.45, 2.75) is 26.3 Å². The summed E-state index contributed by atoms with van der Waals surface area (Å²) in [5, 5.41) is 12.6. The zero-order valence-electron chi connectivity index (χ0n) is 10.6. The number of carbonyl (C=O) groups excluding carboxylic acids is 1. The number of hydrogen-bond donors (Lipinski definition) is 2. The SMILES string of the molecule is CCOC(=O)CCNC(C)c1cc(F)ccc1O. The zero-order chi connectivity index (χ0) is 13.5. The van der Waals surface area contributed by atoms with E-state index in [4.69, 9.17) is 4.74 Å². The van der Waals surface area contributed by atoms with E-state index in [9.17, 15) is 14.3 Å². The van der Waals surface area contributed by atoms with Crippen LogP contribution in [0.4, 0.5) is 4.39 Å². The molecule has 0 fully saturated rings. The molecule has 0 spiro atoms. The fourth-order valence-corrected chi connectivity index (χ4v) is 1.61. The van der Waals surface area contributed by atoms with Crippen molar-refractivity contribution >= 4 is 5.97 Å². The lowest BCUT2D eigenvalue weighted by Crippen LogP contribution is -2.22. The quantitative estimate of drug-likeness (QED) is 0.765. The molecule has 1 aromatic carbocycles. The van der Waals surface area contributed by atoms with Crippen molar-refractivity contribution in [1.29, 1.82) is 0 Å². The van der Waals surface area contributed by atoms with E-state index >= 15 is 0 Å². The van der Waals surface area contributed by atoms with Gasteiger partial charge in [-0.15, -0.1) is 0 Å². The summed E-state index contributed by atoms with van der Waals surface area (Å²) < 4.78 is 17.8. The average Bonchev–Trinajstić information content (AvgIpc) is 2.32. The molecule has 2 N–H and O–H groups in total. The zero-order valence-corrected chi connectivity index (χ0v) is 10.6. The van der Waals surface area contributed by atoms with Gasteiger partial charge in [-0.2, -0.15) is 0 Å².